The van der Waals surface area contributed by atoms with E-state index >= 15 is 0 Å². The second-order valence-corrected chi connectivity index (χ2v) is 6.81. The van der Waals surface area contributed by atoms with Crippen LogP contribution in [-0.2, 0) is 6.42 Å². The number of pyridine rings is 1. The first kappa shape index (κ1) is 16.0. The van der Waals surface area contributed by atoms with Crippen LogP contribution in [0.3, 0.4) is 0 Å². The number of rotatable bonds is 4. The average Bonchev–Trinajstić information content (AvgIpc) is 3.07. The highest BCUT2D eigenvalue weighted by Gasteiger charge is 2.17. The number of fused-ring (bicyclic) bond motifs is 1. The fourth-order valence-corrected chi connectivity index (χ4v) is 3.21. The Labute approximate surface area is 153 Å². The van der Waals surface area contributed by atoms with Gasteiger partial charge in [0.15, 0.2) is 5.58 Å². The van der Waals surface area contributed by atoms with Gasteiger partial charge < -0.3 is 10.3 Å². The van der Waals surface area contributed by atoms with Crippen molar-refractivity contribution in [1.29, 1.82) is 0 Å². The molecule has 2 N–H and O–H groups in total. The maximum atomic E-state index is 6.51. The standard InChI is InChI=1S/C20H16BrN3O/c21-13-9-10-14(23-12-13)11-18(22)15-5-1-2-6-16(15)20-17-7-3-4-8-19(17)25-24-20/h1-10,12,18H,11,22H2. The molecule has 2 aromatic carbocycles. The molecule has 2 aromatic heterocycles. The molecule has 0 aliphatic rings. The quantitative estimate of drug-likeness (QED) is 0.535. The minimum Gasteiger partial charge on any atom is -0.356 e. The van der Waals surface area contributed by atoms with Crippen LogP contribution in [0.4, 0.5) is 0 Å². The molecular weight excluding hydrogens is 378 g/mol. The summed E-state index contributed by atoms with van der Waals surface area (Å²) in [5.41, 5.74) is 11.1. The van der Waals surface area contributed by atoms with Gasteiger partial charge in [0.25, 0.3) is 0 Å². The Morgan fingerprint density at radius 1 is 1.00 bits per heavy atom. The van der Waals surface area contributed by atoms with E-state index in [4.69, 9.17) is 10.3 Å². The smallest absolute Gasteiger partial charge is 0.167 e. The van der Waals surface area contributed by atoms with Gasteiger partial charge in [-0.1, -0.05) is 41.6 Å². The van der Waals surface area contributed by atoms with Gasteiger partial charge in [-0.3, -0.25) is 4.98 Å². The summed E-state index contributed by atoms with van der Waals surface area (Å²) in [6, 6.07) is 19.7. The molecule has 4 rings (SSSR count). The molecule has 0 saturated carbocycles. The summed E-state index contributed by atoms with van der Waals surface area (Å²) in [6.07, 6.45) is 2.44. The van der Waals surface area contributed by atoms with Gasteiger partial charge >= 0.3 is 0 Å². The van der Waals surface area contributed by atoms with Crippen LogP contribution in [0.15, 0.2) is 75.9 Å². The Balaban J connectivity index is 1.72. The molecule has 124 valence electrons. The first-order valence-corrected chi connectivity index (χ1v) is 8.81. The van der Waals surface area contributed by atoms with Crippen molar-refractivity contribution >= 4 is 26.9 Å². The lowest BCUT2D eigenvalue weighted by molar-refractivity contribution is 0.459. The van der Waals surface area contributed by atoms with E-state index in [1.54, 1.807) is 6.20 Å². The molecule has 25 heavy (non-hydrogen) atoms. The number of aromatic nitrogens is 2. The van der Waals surface area contributed by atoms with Crippen molar-refractivity contribution < 1.29 is 4.52 Å². The van der Waals surface area contributed by atoms with Crippen LogP contribution >= 0.6 is 15.9 Å². The highest BCUT2D eigenvalue weighted by Crippen LogP contribution is 2.33. The summed E-state index contributed by atoms with van der Waals surface area (Å²) in [5.74, 6) is 0. The Morgan fingerprint density at radius 2 is 1.80 bits per heavy atom. The zero-order valence-corrected chi connectivity index (χ0v) is 15.0. The summed E-state index contributed by atoms with van der Waals surface area (Å²) < 4.78 is 6.42. The number of hydrogen-bond donors (Lipinski definition) is 1. The second kappa shape index (κ2) is 6.78. The Bertz CT molecular complexity index is 1010. The molecule has 4 nitrogen and oxygen atoms in total. The first-order chi connectivity index (χ1) is 12.2. The summed E-state index contributed by atoms with van der Waals surface area (Å²) in [7, 11) is 0. The molecule has 0 amide bonds. The van der Waals surface area contributed by atoms with E-state index in [0.29, 0.717) is 6.42 Å². The Morgan fingerprint density at radius 3 is 2.64 bits per heavy atom. The highest BCUT2D eigenvalue weighted by molar-refractivity contribution is 9.10. The normalized spacial score (nSPS) is 12.4. The zero-order valence-electron chi connectivity index (χ0n) is 13.4. The van der Waals surface area contributed by atoms with Crippen molar-refractivity contribution in [3.63, 3.8) is 0 Å². The van der Waals surface area contributed by atoms with Crippen LogP contribution in [0, 0.1) is 0 Å². The van der Waals surface area contributed by atoms with E-state index in [1.165, 1.54) is 0 Å². The largest absolute Gasteiger partial charge is 0.356 e. The molecule has 4 aromatic rings. The lowest BCUT2D eigenvalue weighted by Gasteiger charge is -2.15. The van der Waals surface area contributed by atoms with Gasteiger partial charge in [-0.15, -0.1) is 0 Å². The van der Waals surface area contributed by atoms with E-state index in [-0.39, 0.29) is 6.04 Å². The summed E-state index contributed by atoms with van der Waals surface area (Å²) in [4.78, 5) is 4.43. The van der Waals surface area contributed by atoms with Gasteiger partial charge in [-0.05, 0) is 45.8 Å². The SMILES string of the molecule is NC(Cc1ccc(Br)cn1)c1ccccc1-c1noc2ccccc12. The number of hydrogen-bond acceptors (Lipinski definition) is 4. The van der Waals surface area contributed by atoms with E-state index in [0.717, 1.165) is 38.0 Å². The van der Waals surface area contributed by atoms with Crippen LogP contribution < -0.4 is 5.73 Å². The molecule has 1 atom stereocenters. The summed E-state index contributed by atoms with van der Waals surface area (Å²) in [6.45, 7) is 0. The van der Waals surface area contributed by atoms with Crippen molar-refractivity contribution in [3.05, 3.63) is 82.6 Å². The van der Waals surface area contributed by atoms with Crippen molar-refractivity contribution in [2.45, 2.75) is 12.5 Å². The van der Waals surface area contributed by atoms with E-state index < -0.39 is 0 Å². The molecule has 1 unspecified atom stereocenters. The maximum Gasteiger partial charge on any atom is 0.167 e. The fraction of sp³-hybridized carbons (Fsp3) is 0.100. The van der Waals surface area contributed by atoms with Crippen LogP contribution in [0.5, 0.6) is 0 Å². The van der Waals surface area contributed by atoms with Crippen LogP contribution in [-0.4, -0.2) is 10.1 Å². The van der Waals surface area contributed by atoms with Gasteiger partial charge in [-0.2, -0.15) is 0 Å². The first-order valence-electron chi connectivity index (χ1n) is 8.02. The van der Waals surface area contributed by atoms with Crippen molar-refractivity contribution in [2.24, 2.45) is 5.73 Å². The number of para-hydroxylation sites is 1. The number of nitrogens with zero attached hydrogens (tertiary/aromatic N) is 2. The third-order valence-electron chi connectivity index (χ3n) is 4.21. The molecule has 0 bridgehead atoms. The fourth-order valence-electron chi connectivity index (χ4n) is 2.98. The van der Waals surface area contributed by atoms with Crippen molar-refractivity contribution in [1.82, 2.24) is 10.1 Å². The van der Waals surface area contributed by atoms with Crippen LogP contribution in [0.25, 0.3) is 22.2 Å². The molecule has 0 aliphatic carbocycles. The van der Waals surface area contributed by atoms with Crippen LogP contribution in [0.2, 0.25) is 0 Å². The minimum atomic E-state index is -0.180. The van der Waals surface area contributed by atoms with Crippen LogP contribution in [0.1, 0.15) is 17.3 Å². The molecule has 0 fully saturated rings. The zero-order chi connectivity index (χ0) is 17.2. The monoisotopic (exact) mass is 393 g/mol. The number of nitrogens with two attached hydrogens (primary N) is 1. The van der Waals surface area contributed by atoms with E-state index in [2.05, 4.69) is 26.1 Å². The molecular formula is C20H16BrN3O. The number of halogens is 1. The van der Waals surface area contributed by atoms with Gasteiger partial charge in [0, 0.05) is 39.8 Å². The predicted octanol–water partition coefficient (Wildman–Crippen LogP) is 4.89. The highest BCUT2D eigenvalue weighted by atomic mass is 79.9. The molecule has 0 spiro atoms. The predicted molar refractivity (Wildman–Crippen MR) is 102 cm³/mol. The van der Waals surface area contributed by atoms with Gasteiger partial charge in [0.05, 0.1) is 0 Å². The molecule has 0 aliphatic heterocycles. The third kappa shape index (κ3) is 3.21. The average molecular weight is 394 g/mol. The maximum absolute atomic E-state index is 6.51. The Hall–Kier alpha value is -2.50. The van der Waals surface area contributed by atoms with E-state index in [9.17, 15) is 0 Å². The van der Waals surface area contributed by atoms with Gasteiger partial charge in [0.1, 0.15) is 5.69 Å². The lowest BCUT2D eigenvalue weighted by atomic mass is 9.94. The Kier molecular flexibility index (Phi) is 4.34. The second-order valence-electron chi connectivity index (χ2n) is 5.89. The summed E-state index contributed by atoms with van der Waals surface area (Å²) >= 11 is 3.40. The third-order valence-corrected chi connectivity index (χ3v) is 4.68. The van der Waals surface area contributed by atoms with Crippen molar-refractivity contribution in [2.75, 3.05) is 0 Å². The number of benzene rings is 2. The van der Waals surface area contributed by atoms with Crippen molar-refractivity contribution in [3.8, 4) is 11.3 Å². The van der Waals surface area contributed by atoms with E-state index in [1.807, 2.05) is 60.7 Å². The van der Waals surface area contributed by atoms with Gasteiger partial charge in [0.2, 0.25) is 0 Å². The topological polar surface area (TPSA) is 64.9 Å². The molecule has 5 heteroatoms. The summed E-state index contributed by atoms with van der Waals surface area (Å²) in [5, 5.41) is 5.26. The molecule has 2 heterocycles. The molecule has 0 saturated heterocycles. The minimum absolute atomic E-state index is 0.180. The lowest BCUT2D eigenvalue weighted by Crippen LogP contribution is -2.15. The molecule has 0 radical (unpaired) electrons. The van der Waals surface area contributed by atoms with Gasteiger partial charge in [-0.25, -0.2) is 0 Å².